The molecule has 0 saturated carbocycles. The van der Waals surface area contributed by atoms with Crippen LogP contribution in [-0.4, -0.2) is 34.4 Å². The first-order valence-corrected chi connectivity index (χ1v) is 9.07. The Bertz CT molecular complexity index is 987. The second-order valence-corrected chi connectivity index (χ2v) is 6.55. The van der Waals surface area contributed by atoms with Gasteiger partial charge in [0, 0.05) is 34.1 Å². The van der Waals surface area contributed by atoms with Crippen molar-refractivity contribution < 1.29 is 19.5 Å². The molecule has 9 heteroatoms. The zero-order valence-electron chi connectivity index (χ0n) is 14.5. The molecule has 3 rings (SSSR count). The van der Waals surface area contributed by atoms with Gasteiger partial charge < -0.3 is 21.1 Å². The predicted molar refractivity (Wildman–Crippen MR) is 106 cm³/mol. The van der Waals surface area contributed by atoms with Crippen LogP contribution in [0.15, 0.2) is 60.1 Å². The zero-order valence-corrected chi connectivity index (χ0v) is 15.3. The van der Waals surface area contributed by atoms with Crippen molar-refractivity contribution in [2.75, 3.05) is 17.2 Å². The van der Waals surface area contributed by atoms with Crippen molar-refractivity contribution in [3.63, 3.8) is 0 Å². The van der Waals surface area contributed by atoms with Crippen LogP contribution in [0.1, 0.15) is 20.7 Å². The molecule has 0 spiro atoms. The van der Waals surface area contributed by atoms with E-state index in [9.17, 15) is 14.4 Å². The molecule has 0 saturated heterocycles. The van der Waals surface area contributed by atoms with Crippen molar-refractivity contribution in [3.8, 4) is 0 Å². The Kier molecular flexibility index (Phi) is 5.97. The second kappa shape index (κ2) is 8.78. The maximum absolute atomic E-state index is 12.5. The Hall–Kier alpha value is -3.72. The maximum atomic E-state index is 12.5. The van der Waals surface area contributed by atoms with Gasteiger partial charge in [0.15, 0.2) is 5.13 Å². The Balaban J connectivity index is 1.63. The molecule has 2 amide bonds. The first kappa shape index (κ1) is 19.1. The average molecular weight is 396 g/mol. The SMILES string of the molecule is O=C(O)CNC(=O)c1ccc(NC(=O)c2cccc(Nc3nccs3)c2)cc1. The number of aliphatic carboxylic acids is 1. The van der Waals surface area contributed by atoms with Gasteiger partial charge in [0.05, 0.1) is 0 Å². The number of thiazole rings is 1. The number of nitrogens with one attached hydrogen (secondary N) is 3. The van der Waals surface area contributed by atoms with Gasteiger partial charge in [-0.15, -0.1) is 11.3 Å². The lowest BCUT2D eigenvalue weighted by Gasteiger charge is -2.08. The molecule has 28 heavy (non-hydrogen) atoms. The summed E-state index contributed by atoms with van der Waals surface area (Å²) in [5.41, 5.74) is 2.02. The van der Waals surface area contributed by atoms with Crippen LogP contribution in [0.4, 0.5) is 16.5 Å². The van der Waals surface area contributed by atoms with E-state index in [1.807, 2.05) is 11.4 Å². The summed E-state index contributed by atoms with van der Waals surface area (Å²) in [6.45, 7) is -0.456. The van der Waals surface area contributed by atoms with Crippen LogP contribution < -0.4 is 16.0 Å². The standard InChI is InChI=1S/C19H16N4O4S/c24-16(25)11-21-17(26)12-4-6-14(7-5-12)22-18(27)13-2-1-3-15(10-13)23-19-20-8-9-28-19/h1-10H,11H2,(H,20,23)(H,21,26)(H,22,27)(H,24,25). The summed E-state index contributed by atoms with van der Waals surface area (Å²) in [6, 6.07) is 13.2. The molecule has 0 unspecified atom stereocenters. The van der Waals surface area contributed by atoms with Crippen LogP contribution in [0.25, 0.3) is 0 Å². The highest BCUT2D eigenvalue weighted by Gasteiger charge is 2.10. The number of amides is 2. The number of hydrogen-bond donors (Lipinski definition) is 4. The minimum Gasteiger partial charge on any atom is -0.480 e. The third-order valence-electron chi connectivity index (χ3n) is 3.61. The molecule has 1 aromatic heterocycles. The van der Waals surface area contributed by atoms with Gasteiger partial charge in [-0.3, -0.25) is 14.4 Å². The third kappa shape index (κ3) is 5.15. The van der Waals surface area contributed by atoms with E-state index in [0.717, 1.165) is 10.8 Å². The first-order chi connectivity index (χ1) is 13.5. The van der Waals surface area contributed by atoms with Crippen LogP contribution in [0, 0.1) is 0 Å². The largest absolute Gasteiger partial charge is 0.480 e. The van der Waals surface area contributed by atoms with E-state index in [1.54, 1.807) is 36.5 Å². The highest BCUT2D eigenvalue weighted by atomic mass is 32.1. The fourth-order valence-electron chi connectivity index (χ4n) is 2.31. The smallest absolute Gasteiger partial charge is 0.322 e. The van der Waals surface area contributed by atoms with Crippen LogP contribution >= 0.6 is 11.3 Å². The van der Waals surface area contributed by atoms with Gasteiger partial charge >= 0.3 is 5.97 Å². The van der Waals surface area contributed by atoms with E-state index < -0.39 is 18.4 Å². The molecule has 0 aliphatic heterocycles. The molecule has 142 valence electrons. The highest BCUT2D eigenvalue weighted by molar-refractivity contribution is 7.13. The molecule has 3 aromatic rings. The van der Waals surface area contributed by atoms with Gasteiger partial charge in [-0.25, -0.2) is 4.98 Å². The Morgan fingerprint density at radius 1 is 0.964 bits per heavy atom. The summed E-state index contributed by atoms with van der Waals surface area (Å²) in [5, 5.41) is 19.3. The van der Waals surface area contributed by atoms with E-state index in [4.69, 9.17) is 5.11 Å². The summed E-state index contributed by atoms with van der Waals surface area (Å²) in [4.78, 5) is 38.9. The lowest BCUT2D eigenvalue weighted by Crippen LogP contribution is -2.29. The van der Waals surface area contributed by atoms with Gasteiger partial charge in [0.25, 0.3) is 11.8 Å². The molecule has 1 heterocycles. The molecule has 0 bridgehead atoms. The number of carbonyl (C=O) groups excluding carboxylic acids is 2. The van der Waals surface area contributed by atoms with E-state index in [-0.39, 0.29) is 5.91 Å². The molecular weight excluding hydrogens is 380 g/mol. The van der Waals surface area contributed by atoms with Crippen molar-refractivity contribution in [2.45, 2.75) is 0 Å². The van der Waals surface area contributed by atoms with Crippen LogP contribution in [-0.2, 0) is 4.79 Å². The van der Waals surface area contributed by atoms with E-state index in [1.165, 1.54) is 23.5 Å². The highest BCUT2D eigenvalue weighted by Crippen LogP contribution is 2.20. The number of carboxylic acid groups (broad SMARTS) is 1. The number of anilines is 3. The van der Waals surface area contributed by atoms with E-state index in [0.29, 0.717) is 16.8 Å². The van der Waals surface area contributed by atoms with Crippen molar-refractivity contribution in [1.29, 1.82) is 0 Å². The molecule has 4 N–H and O–H groups in total. The minimum absolute atomic E-state index is 0.300. The number of carbonyl (C=O) groups is 3. The van der Waals surface area contributed by atoms with Crippen LogP contribution in [0.3, 0.4) is 0 Å². The van der Waals surface area contributed by atoms with Crippen molar-refractivity contribution in [3.05, 3.63) is 71.2 Å². The van der Waals surface area contributed by atoms with E-state index >= 15 is 0 Å². The molecule has 2 aromatic carbocycles. The van der Waals surface area contributed by atoms with Crippen molar-refractivity contribution >= 4 is 45.6 Å². The summed E-state index contributed by atoms with van der Waals surface area (Å²) in [5.74, 6) is -1.92. The zero-order chi connectivity index (χ0) is 19.9. The molecule has 0 aliphatic carbocycles. The van der Waals surface area contributed by atoms with Gasteiger partial charge in [-0.05, 0) is 42.5 Å². The van der Waals surface area contributed by atoms with Crippen LogP contribution in [0.2, 0.25) is 0 Å². The second-order valence-electron chi connectivity index (χ2n) is 5.65. The van der Waals surface area contributed by atoms with Gasteiger partial charge in [0.1, 0.15) is 6.54 Å². The number of nitrogens with zero attached hydrogens (tertiary/aromatic N) is 1. The third-order valence-corrected chi connectivity index (χ3v) is 4.30. The Morgan fingerprint density at radius 3 is 2.43 bits per heavy atom. The molecule has 0 radical (unpaired) electrons. The monoisotopic (exact) mass is 396 g/mol. The first-order valence-electron chi connectivity index (χ1n) is 8.19. The average Bonchev–Trinajstić information content (AvgIpc) is 3.20. The summed E-state index contributed by atoms with van der Waals surface area (Å²) < 4.78 is 0. The number of hydrogen-bond acceptors (Lipinski definition) is 6. The van der Waals surface area contributed by atoms with Crippen molar-refractivity contribution in [1.82, 2.24) is 10.3 Å². The summed E-state index contributed by atoms with van der Waals surface area (Å²) in [7, 11) is 0. The molecule has 0 atom stereocenters. The maximum Gasteiger partial charge on any atom is 0.322 e. The predicted octanol–water partition coefficient (Wildman–Crippen LogP) is 2.95. The number of benzene rings is 2. The fourth-order valence-corrected chi connectivity index (χ4v) is 2.86. The molecular formula is C19H16N4O4S. The summed E-state index contributed by atoms with van der Waals surface area (Å²) >= 11 is 1.46. The number of aromatic nitrogens is 1. The molecule has 0 fully saturated rings. The van der Waals surface area contributed by atoms with Crippen LogP contribution in [0.5, 0.6) is 0 Å². The number of carboxylic acids is 1. The molecule has 0 aliphatic rings. The van der Waals surface area contributed by atoms with Gasteiger partial charge in [-0.1, -0.05) is 6.07 Å². The molecule has 8 nitrogen and oxygen atoms in total. The fraction of sp³-hybridized carbons (Fsp3) is 0.0526. The Labute approximate surface area is 164 Å². The normalized spacial score (nSPS) is 10.1. The van der Waals surface area contributed by atoms with Gasteiger partial charge in [-0.2, -0.15) is 0 Å². The van der Waals surface area contributed by atoms with E-state index in [2.05, 4.69) is 20.9 Å². The quantitative estimate of drug-likeness (QED) is 0.487. The topological polar surface area (TPSA) is 120 Å². The van der Waals surface area contributed by atoms with Crippen molar-refractivity contribution in [2.24, 2.45) is 0 Å². The van der Waals surface area contributed by atoms with Gasteiger partial charge in [0.2, 0.25) is 0 Å². The lowest BCUT2D eigenvalue weighted by atomic mass is 10.1. The summed E-state index contributed by atoms with van der Waals surface area (Å²) in [6.07, 6.45) is 1.69. The lowest BCUT2D eigenvalue weighted by molar-refractivity contribution is -0.135. The Morgan fingerprint density at radius 2 is 1.75 bits per heavy atom. The number of rotatable bonds is 7. The minimum atomic E-state index is -1.12.